The number of nitrogens with zero attached hydrogens (tertiary/aromatic N) is 3. The predicted octanol–water partition coefficient (Wildman–Crippen LogP) is 4.39. The summed E-state index contributed by atoms with van der Waals surface area (Å²) in [5.74, 6) is 2.64. The Kier molecular flexibility index (Phi) is 4.12. The number of fused-ring (bicyclic) bond motifs is 5. The second-order valence-electron chi connectivity index (χ2n) is 11.0. The molecule has 1 saturated heterocycles. The second kappa shape index (κ2) is 6.18. The zero-order chi connectivity index (χ0) is 20.6. The summed E-state index contributed by atoms with van der Waals surface area (Å²) in [6.45, 7) is 7.21. The van der Waals surface area contributed by atoms with Gasteiger partial charge in [0.05, 0.1) is 0 Å². The number of carbonyl (C=O) groups is 2. The quantitative estimate of drug-likeness (QED) is 0.706. The molecule has 3 unspecified atom stereocenters. The number of amides is 1. The van der Waals surface area contributed by atoms with Crippen molar-refractivity contribution in [3.63, 3.8) is 0 Å². The van der Waals surface area contributed by atoms with Crippen LogP contribution in [-0.4, -0.2) is 38.9 Å². The van der Waals surface area contributed by atoms with Gasteiger partial charge in [0.15, 0.2) is 0 Å². The lowest BCUT2D eigenvalue weighted by Crippen LogP contribution is -2.68. The van der Waals surface area contributed by atoms with Crippen LogP contribution in [0.5, 0.6) is 0 Å². The van der Waals surface area contributed by atoms with Gasteiger partial charge >= 0.3 is 0 Å². The van der Waals surface area contributed by atoms with Crippen LogP contribution in [0.1, 0.15) is 76.9 Å². The molecule has 7 atom stereocenters. The monoisotopic (exact) mass is 397 g/mol. The first-order valence-corrected chi connectivity index (χ1v) is 11.5. The Morgan fingerprint density at radius 3 is 2.59 bits per heavy atom. The van der Waals surface area contributed by atoms with Crippen molar-refractivity contribution in [1.29, 1.82) is 0 Å². The first-order chi connectivity index (χ1) is 13.7. The van der Waals surface area contributed by atoms with Crippen LogP contribution in [0.15, 0.2) is 18.7 Å². The molecule has 5 rings (SSSR count). The number of likely N-dealkylation sites (tertiary alicyclic amines) is 1. The average molecular weight is 398 g/mol. The highest BCUT2D eigenvalue weighted by Crippen LogP contribution is 2.68. The highest BCUT2D eigenvalue weighted by molar-refractivity contribution is 5.82. The van der Waals surface area contributed by atoms with Gasteiger partial charge in [-0.2, -0.15) is 0 Å². The number of rotatable bonds is 1. The molecule has 1 amide bonds. The average Bonchev–Trinajstić information content (AvgIpc) is 3.34. The highest BCUT2D eigenvalue weighted by atomic mass is 16.2. The van der Waals surface area contributed by atoms with Gasteiger partial charge in [0.1, 0.15) is 6.33 Å². The minimum Gasteiger partial charge on any atom is -0.340 e. The molecule has 29 heavy (non-hydrogen) atoms. The van der Waals surface area contributed by atoms with Gasteiger partial charge in [-0.15, -0.1) is 0 Å². The fraction of sp³-hybridized carbons (Fsp3) is 0.792. The zero-order valence-corrected chi connectivity index (χ0v) is 18.4. The molecule has 3 saturated carbocycles. The molecule has 5 heteroatoms. The molecule has 2 heterocycles. The van der Waals surface area contributed by atoms with E-state index in [4.69, 9.17) is 0 Å². The van der Waals surface area contributed by atoms with Crippen molar-refractivity contribution >= 4 is 11.8 Å². The van der Waals surface area contributed by atoms with E-state index >= 15 is 0 Å². The number of piperidine rings is 1. The molecule has 4 fully saturated rings. The molecule has 0 spiro atoms. The summed E-state index contributed by atoms with van der Waals surface area (Å²) >= 11 is 0. The number of hydrogen-bond acceptors (Lipinski definition) is 3. The summed E-state index contributed by atoms with van der Waals surface area (Å²) in [4.78, 5) is 31.9. The maximum absolute atomic E-state index is 13.2. The summed E-state index contributed by atoms with van der Waals surface area (Å²) in [5.41, 5.74) is 0.261. The molecule has 1 aromatic rings. The number of aromatic nitrogens is 2. The highest BCUT2D eigenvalue weighted by Gasteiger charge is 2.65. The molecule has 158 valence electrons. The molecule has 5 nitrogen and oxygen atoms in total. The topological polar surface area (TPSA) is 55.2 Å². The summed E-state index contributed by atoms with van der Waals surface area (Å²) in [6.07, 6.45) is 13.7. The Hall–Kier alpha value is -1.65. The van der Waals surface area contributed by atoms with E-state index in [1.165, 1.54) is 19.3 Å². The lowest BCUT2D eigenvalue weighted by molar-refractivity contribution is -0.180. The van der Waals surface area contributed by atoms with Crippen LogP contribution in [-0.2, 0) is 4.79 Å². The van der Waals surface area contributed by atoms with E-state index < -0.39 is 0 Å². The van der Waals surface area contributed by atoms with Gasteiger partial charge in [-0.05, 0) is 80.5 Å². The van der Waals surface area contributed by atoms with E-state index in [-0.39, 0.29) is 28.2 Å². The van der Waals surface area contributed by atoms with Gasteiger partial charge in [0.25, 0.3) is 0 Å². The molecular weight excluding hydrogens is 362 g/mol. The first kappa shape index (κ1) is 19.3. The van der Waals surface area contributed by atoms with Crippen molar-refractivity contribution in [1.82, 2.24) is 14.5 Å². The lowest BCUT2D eigenvalue weighted by atomic mass is 9.43. The van der Waals surface area contributed by atoms with Crippen LogP contribution in [0.25, 0.3) is 0 Å². The summed E-state index contributed by atoms with van der Waals surface area (Å²) < 4.78 is 1.70. The molecule has 0 bridgehead atoms. The van der Waals surface area contributed by atoms with Crippen molar-refractivity contribution in [3.8, 4) is 0 Å². The van der Waals surface area contributed by atoms with E-state index in [1.807, 2.05) is 7.05 Å². The number of imidazole rings is 1. The Balaban J connectivity index is 1.45. The summed E-state index contributed by atoms with van der Waals surface area (Å²) in [6, 6.07) is 0. The van der Waals surface area contributed by atoms with Gasteiger partial charge in [-0.1, -0.05) is 13.8 Å². The molecule has 0 N–H and O–H groups in total. The Morgan fingerprint density at radius 2 is 1.86 bits per heavy atom. The first-order valence-electron chi connectivity index (χ1n) is 11.5. The predicted molar refractivity (Wildman–Crippen MR) is 111 cm³/mol. The van der Waals surface area contributed by atoms with Gasteiger partial charge in [0, 0.05) is 37.3 Å². The van der Waals surface area contributed by atoms with E-state index in [1.54, 1.807) is 23.3 Å². The Morgan fingerprint density at radius 1 is 1.07 bits per heavy atom. The standard InChI is InChI=1S/C24H35N3O2/c1-22-10-8-18-16(7-12-24(3)23(18,2)11-9-20(28)26(24)4)17(22)5-6-19(22)21(29)27-14-13-25-15-27/h13-19H,5-12H2,1-4H3/t16?,17?,18?,19-,22+,23-,24-/m1/s1. The van der Waals surface area contributed by atoms with Crippen LogP contribution in [0, 0.1) is 34.5 Å². The van der Waals surface area contributed by atoms with Gasteiger partial charge in [-0.25, -0.2) is 4.98 Å². The van der Waals surface area contributed by atoms with Crippen molar-refractivity contribution in [3.05, 3.63) is 18.7 Å². The maximum atomic E-state index is 13.2. The van der Waals surface area contributed by atoms with Crippen LogP contribution in [0.4, 0.5) is 0 Å². The molecule has 3 aliphatic carbocycles. The largest absolute Gasteiger partial charge is 0.340 e. The molecule has 0 radical (unpaired) electrons. The smallest absolute Gasteiger partial charge is 0.235 e. The van der Waals surface area contributed by atoms with Crippen LogP contribution in [0.2, 0.25) is 0 Å². The maximum Gasteiger partial charge on any atom is 0.235 e. The Labute approximate surface area is 174 Å². The number of hydrogen-bond donors (Lipinski definition) is 0. The SMILES string of the molecule is CN1C(=O)CC[C@]2(C)C3CC[C@@]4(C)C(CC[C@@H]4C(=O)n4ccnc4)C3CC[C@@]12C. The zero-order valence-electron chi connectivity index (χ0n) is 18.4. The molecule has 4 aliphatic rings. The Bertz CT molecular complexity index is 835. The normalized spacial score (nSPS) is 46.8. The van der Waals surface area contributed by atoms with Crippen LogP contribution < -0.4 is 0 Å². The minimum atomic E-state index is -0.0259. The molecule has 1 aromatic heterocycles. The van der Waals surface area contributed by atoms with Crippen LogP contribution >= 0.6 is 0 Å². The van der Waals surface area contributed by atoms with Crippen molar-refractivity contribution in [2.45, 2.75) is 77.7 Å². The summed E-state index contributed by atoms with van der Waals surface area (Å²) in [5, 5.41) is 0. The van der Waals surface area contributed by atoms with Gasteiger partial charge in [0.2, 0.25) is 11.8 Å². The second-order valence-corrected chi connectivity index (χ2v) is 11.0. The third kappa shape index (κ3) is 2.36. The lowest BCUT2D eigenvalue weighted by Gasteiger charge is -2.66. The van der Waals surface area contributed by atoms with E-state index in [2.05, 4.69) is 30.7 Å². The molecule has 1 aliphatic heterocycles. The van der Waals surface area contributed by atoms with Gasteiger partial charge in [-0.3, -0.25) is 14.2 Å². The molecule has 0 aromatic carbocycles. The fourth-order valence-corrected chi connectivity index (χ4v) is 8.40. The minimum absolute atomic E-state index is 0.0259. The van der Waals surface area contributed by atoms with Crippen molar-refractivity contribution in [2.24, 2.45) is 34.5 Å². The van der Waals surface area contributed by atoms with E-state index in [0.717, 1.165) is 25.7 Å². The summed E-state index contributed by atoms with van der Waals surface area (Å²) in [7, 11) is 2.03. The van der Waals surface area contributed by atoms with E-state index in [0.29, 0.717) is 30.1 Å². The van der Waals surface area contributed by atoms with Gasteiger partial charge < -0.3 is 4.90 Å². The van der Waals surface area contributed by atoms with Crippen molar-refractivity contribution < 1.29 is 9.59 Å². The van der Waals surface area contributed by atoms with E-state index in [9.17, 15) is 9.59 Å². The third-order valence-corrected chi connectivity index (χ3v) is 10.5. The molecular formula is C24H35N3O2. The number of carbonyl (C=O) groups excluding carboxylic acids is 2. The van der Waals surface area contributed by atoms with Crippen molar-refractivity contribution in [2.75, 3.05) is 7.05 Å². The third-order valence-electron chi connectivity index (χ3n) is 10.5. The van der Waals surface area contributed by atoms with Crippen LogP contribution in [0.3, 0.4) is 0 Å². The fourth-order valence-electron chi connectivity index (χ4n) is 8.40.